The molecule has 1 N–H and O–H groups in total. The third kappa shape index (κ3) is 3.62. The average Bonchev–Trinajstić information content (AvgIpc) is 2.41. The number of rotatable bonds is 4. The maximum Gasteiger partial charge on any atom is 0.321 e. The van der Waals surface area contributed by atoms with Crippen molar-refractivity contribution in [2.75, 3.05) is 13.1 Å². The van der Waals surface area contributed by atoms with Crippen LogP contribution >= 0.6 is 23.2 Å². The van der Waals surface area contributed by atoms with E-state index in [1.165, 1.54) is 6.42 Å². The zero-order chi connectivity index (χ0) is 13.8. The Balaban J connectivity index is 2.16. The van der Waals surface area contributed by atoms with E-state index in [9.17, 15) is 9.90 Å². The lowest BCUT2D eigenvalue weighted by atomic mass is 10.0. The Morgan fingerprint density at radius 2 is 1.95 bits per heavy atom. The predicted molar refractivity (Wildman–Crippen MR) is 77.0 cm³/mol. The van der Waals surface area contributed by atoms with Crippen LogP contribution in [0.2, 0.25) is 10.0 Å². The van der Waals surface area contributed by atoms with Gasteiger partial charge in [0.1, 0.15) is 6.04 Å². The lowest BCUT2D eigenvalue weighted by Gasteiger charge is -2.32. The second-order valence-corrected chi connectivity index (χ2v) is 5.65. The highest BCUT2D eigenvalue weighted by Gasteiger charge is 2.27. The first-order valence-corrected chi connectivity index (χ1v) is 7.25. The van der Waals surface area contributed by atoms with Gasteiger partial charge in [-0.3, -0.25) is 9.69 Å². The van der Waals surface area contributed by atoms with Crippen LogP contribution in [0.5, 0.6) is 0 Å². The Morgan fingerprint density at radius 3 is 2.58 bits per heavy atom. The summed E-state index contributed by atoms with van der Waals surface area (Å²) < 4.78 is 0. The average molecular weight is 302 g/mol. The number of hydrogen-bond acceptors (Lipinski definition) is 2. The topological polar surface area (TPSA) is 40.5 Å². The molecule has 1 aliphatic rings. The van der Waals surface area contributed by atoms with E-state index < -0.39 is 12.0 Å². The van der Waals surface area contributed by atoms with Gasteiger partial charge in [-0.1, -0.05) is 41.8 Å². The van der Waals surface area contributed by atoms with Crippen LogP contribution in [0, 0.1) is 0 Å². The molecule has 5 heteroatoms. The Bertz CT molecular complexity index is 459. The number of halogens is 2. The predicted octanol–water partition coefficient (Wildman–Crippen LogP) is 3.48. The normalized spacial score (nSPS) is 18.2. The number of piperidine rings is 1. The highest BCUT2D eigenvalue weighted by atomic mass is 35.5. The molecule has 1 aromatic carbocycles. The third-order valence-corrected chi connectivity index (χ3v) is 4.42. The first-order valence-electron chi connectivity index (χ1n) is 6.49. The van der Waals surface area contributed by atoms with Crippen molar-refractivity contribution in [3.8, 4) is 0 Å². The molecule has 2 rings (SSSR count). The number of carboxylic acid groups (broad SMARTS) is 1. The number of benzene rings is 1. The largest absolute Gasteiger partial charge is 0.480 e. The van der Waals surface area contributed by atoms with Crippen molar-refractivity contribution in [3.63, 3.8) is 0 Å². The first kappa shape index (κ1) is 14.6. The molecule has 104 valence electrons. The van der Waals surface area contributed by atoms with E-state index in [0.29, 0.717) is 16.5 Å². The fourth-order valence-corrected chi connectivity index (χ4v) is 2.91. The van der Waals surface area contributed by atoms with Crippen LogP contribution in [-0.4, -0.2) is 35.1 Å². The van der Waals surface area contributed by atoms with Crippen molar-refractivity contribution in [1.29, 1.82) is 0 Å². The molecule has 0 bridgehead atoms. The number of nitrogens with zero attached hydrogens (tertiary/aromatic N) is 1. The van der Waals surface area contributed by atoms with E-state index in [-0.39, 0.29) is 0 Å². The minimum atomic E-state index is -0.794. The summed E-state index contributed by atoms with van der Waals surface area (Å²) in [5, 5.41) is 10.4. The molecule has 1 atom stereocenters. The fourth-order valence-electron chi connectivity index (χ4n) is 2.52. The molecule has 1 saturated heterocycles. The van der Waals surface area contributed by atoms with Gasteiger partial charge in [0.25, 0.3) is 0 Å². The summed E-state index contributed by atoms with van der Waals surface area (Å²) in [5.41, 5.74) is 0.798. The number of carbonyl (C=O) groups is 1. The van der Waals surface area contributed by atoms with Gasteiger partial charge < -0.3 is 5.11 Å². The number of likely N-dealkylation sites (tertiary alicyclic amines) is 1. The van der Waals surface area contributed by atoms with Gasteiger partial charge in [0.2, 0.25) is 0 Å². The summed E-state index contributed by atoms with van der Waals surface area (Å²) in [5.74, 6) is -0.794. The van der Waals surface area contributed by atoms with Gasteiger partial charge >= 0.3 is 5.97 Å². The molecule has 0 radical (unpaired) electrons. The van der Waals surface area contributed by atoms with Gasteiger partial charge in [-0.05, 0) is 37.6 Å². The minimum absolute atomic E-state index is 0.398. The van der Waals surface area contributed by atoms with Crippen molar-refractivity contribution >= 4 is 29.2 Å². The summed E-state index contributed by atoms with van der Waals surface area (Å²) in [7, 11) is 0. The van der Waals surface area contributed by atoms with E-state index in [2.05, 4.69) is 0 Å². The van der Waals surface area contributed by atoms with Gasteiger partial charge in [0.05, 0.1) is 10.0 Å². The Labute approximate surface area is 123 Å². The maximum absolute atomic E-state index is 11.5. The molecule has 1 aliphatic heterocycles. The van der Waals surface area contributed by atoms with E-state index in [4.69, 9.17) is 23.2 Å². The zero-order valence-corrected chi connectivity index (χ0v) is 12.1. The van der Waals surface area contributed by atoms with Gasteiger partial charge in [-0.2, -0.15) is 0 Å². The summed E-state index contributed by atoms with van der Waals surface area (Å²) in [4.78, 5) is 13.5. The molecular formula is C14H17Cl2NO2. The molecule has 3 nitrogen and oxygen atoms in total. The van der Waals surface area contributed by atoms with Crippen LogP contribution in [0.15, 0.2) is 18.2 Å². The van der Waals surface area contributed by atoms with Crippen molar-refractivity contribution in [2.45, 2.75) is 31.7 Å². The van der Waals surface area contributed by atoms with Crippen LogP contribution in [-0.2, 0) is 11.2 Å². The number of aliphatic carboxylic acids is 1. The van der Waals surface area contributed by atoms with Crippen molar-refractivity contribution in [1.82, 2.24) is 4.90 Å². The quantitative estimate of drug-likeness (QED) is 0.925. The number of hydrogen-bond donors (Lipinski definition) is 1. The lowest BCUT2D eigenvalue weighted by Crippen LogP contribution is -2.45. The molecule has 19 heavy (non-hydrogen) atoms. The van der Waals surface area contributed by atoms with E-state index in [1.54, 1.807) is 12.1 Å². The summed E-state index contributed by atoms with van der Waals surface area (Å²) in [6.45, 7) is 1.68. The third-order valence-electron chi connectivity index (χ3n) is 3.56. The highest BCUT2D eigenvalue weighted by Crippen LogP contribution is 2.27. The molecule has 0 amide bonds. The molecule has 1 heterocycles. The van der Waals surface area contributed by atoms with Crippen LogP contribution in [0.1, 0.15) is 24.8 Å². The molecule has 0 aliphatic carbocycles. The fraction of sp³-hybridized carbons (Fsp3) is 0.500. The van der Waals surface area contributed by atoms with Crippen LogP contribution in [0.3, 0.4) is 0 Å². The Hall–Kier alpha value is -0.770. The summed E-state index contributed by atoms with van der Waals surface area (Å²) in [6.07, 6.45) is 3.70. The first-order chi connectivity index (χ1) is 9.09. The van der Waals surface area contributed by atoms with E-state index in [0.717, 1.165) is 31.5 Å². The number of carboxylic acids is 1. The summed E-state index contributed by atoms with van der Waals surface area (Å²) >= 11 is 12.1. The van der Waals surface area contributed by atoms with E-state index >= 15 is 0 Å². The molecule has 0 spiro atoms. The second kappa shape index (κ2) is 6.60. The zero-order valence-electron chi connectivity index (χ0n) is 10.6. The van der Waals surface area contributed by atoms with E-state index in [1.807, 2.05) is 11.0 Å². The second-order valence-electron chi connectivity index (χ2n) is 4.87. The van der Waals surface area contributed by atoms with Crippen molar-refractivity contribution in [3.05, 3.63) is 33.8 Å². The smallest absolute Gasteiger partial charge is 0.321 e. The van der Waals surface area contributed by atoms with Crippen molar-refractivity contribution < 1.29 is 9.90 Å². The van der Waals surface area contributed by atoms with Gasteiger partial charge in [-0.25, -0.2) is 0 Å². The van der Waals surface area contributed by atoms with Gasteiger partial charge in [-0.15, -0.1) is 0 Å². The Morgan fingerprint density at radius 1 is 1.26 bits per heavy atom. The molecule has 1 fully saturated rings. The molecular weight excluding hydrogens is 285 g/mol. The van der Waals surface area contributed by atoms with Crippen LogP contribution < -0.4 is 0 Å². The summed E-state index contributed by atoms with van der Waals surface area (Å²) in [6, 6.07) is 4.84. The van der Waals surface area contributed by atoms with Gasteiger partial charge in [0.15, 0.2) is 0 Å². The molecule has 0 unspecified atom stereocenters. The monoisotopic (exact) mass is 301 g/mol. The van der Waals surface area contributed by atoms with Crippen LogP contribution in [0.4, 0.5) is 0 Å². The molecule has 0 saturated carbocycles. The standard InChI is InChI=1S/C14H17Cl2NO2/c15-11-6-4-5-10(13(11)16)9-12(14(18)19)17-7-2-1-3-8-17/h4-6,12H,1-3,7-9H2,(H,18,19)/t12-/m1/s1. The van der Waals surface area contributed by atoms with Gasteiger partial charge in [0, 0.05) is 6.42 Å². The van der Waals surface area contributed by atoms with Crippen LogP contribution in [0.25, 0.3) is 0 Å². The molecule has 0 aromatic heterocycles. The Kier molecular flexibility index (Phi) is 5.08. The molecule has 1 aromatic rings. The maximum atomic E-state index is 11.5. The lowest BCUT2D eigenvalue weighted by molar-refractivity contribution is -0.143. The SMILES string of the molecule is O=C(O)[C@@H](Cc1cccc(Cl)c1Cl)N1CCCCC1. The highest BCUT2D eigenvalue weighted by molar-refractivity contribution is 6.42. The van der Waals surface area contributed by atoms with Crippen molar-refractivity contribution in [2.24, 2.45) is 0 Å². The minimum Gasteiger partial charge on any atom is -0.480 e.